The molecule has 1 aliphatic heterocycles. The molecule has 3 rings (SSSR count). The molecule has 0 atom stereocenters. The van der Waals surface area contributed by atoms with Gasteiger partial charge in [-0.3, -0.25) is 19.7 Å². The number of ether oxygens (including phenoxy) is 1. The summed E-state index contributed by atoms with van der Waals surface area (Å²) in [7, 11) is 0. The average molecular weight is 343 g/mol. The minimum absolute atomic E-state index is 0.0384. The number of imide groups is 1. The first-order chi connectivity index (χ1) is 12.0. The summed E-state index contributed by atoms with van der Waals surface area (Å²) in [6.45, 7) is 0. The predicted octanol–water partition coefficient (Wildman–Crippen LogP) is 2.00. The Kier molecular flexibility index (Phi) is 4.69. The molecule has 1 fully saturated rings. The third-order valence-corrected chi connectivity index (χ3v) is 3.55. The molecule has 0 saturated carbocycles. The third kappa shape index (κ3) is 4.37. The second-order valence-electron chi connectivity index (χ2n) is 5.50. The predicted molar refractivity (Wildman–Crippen MR) is 85.2 cm³/mol. The Morgan fingerprint density at radius 3 is 2.32 bits per heavy atom. The van der Waals surface area contributed by atoms with Crippen molar-refractivity contribution in [3.8, 4) is 11.5 Å². The summed E-state index contributed by atoms with van der Waals surface area (Å²) < 4.78 is 18.3. The summed E-state index contributed by atoms with van der Waals surface area (Å²) >= 11 is 0. The van der Waals surface area contributed by atoms with Crippen molar-refractivity contribution in [3.63, 3.8) is 0 Å². The molecule has 25 heavy (non-hydrogen) atoms. The van der Waals surface area contributed by atoms with Gasteiger partial charge in [-0.2, -0.15) is 0 Å². The van der Waals surface area contributed by atoms with Crippen LogP contribution in [0.2, 0.25) is 0 Å². The number of aromatic nitrogens is 1. The first kappa shape index (κ1) is 16.6. The molecule has 128 valence electrons. The van der Waals surface area contributed by atoms with E-state index in [1.807, 2.05) is 0 Å². The molecule has 0 spiro atoms. The summed E-state index contributed by atoms with van der Waals surface area (Å²) in [4.78, 5) is 38.8. The van der Waals surface area contributed by atoms with Gasteiger partial charge < -0.3 is 10.1 Å². The lowest BCUT2D eigenvalue weighted by Crippen LogP contribution is -2.42. The molecular weight excluding hydrogens is 329 g/mol. The summed E-state index contributed by atoms with van der Waals surface area (Å²) in [6.07, 6.45) is 1.32. The normalized spacial score (nSPS) is 14.8. The van der Waals surface area contributed by atoms with Crippen LogP contribution in [0.3, 0.4) is 0 Å². The number of nitrogens with zero attached hydrogens (tertiary/aromatic N) is 1. The van der Waals surface area contributed by atoms with Crippen LogP contribution >= 0.6 is 0 Å². The molecule has 1 aromatic carbocycles. The van der Waals surface area contributed by atoms with Crippen LogP contribution in [0.4, 0.5) is 10.2 Å². The molecule has 2 N–H and O–H groups in total. The van der Waals surface area contributed by atoms with Crippen LogP contribution in [0, 0.1) is 11.7 Å². The first-order valence-electron chi connectivity index (χ1n) is 7.52. The lowest BCUT2D eigenvalue weighted by Gasteiger charge is -2.19. The van der Waals surface area contributed by atoms with Crippen molar-refractivity contribution >= 4 is 23.5 Å². The minimum Gasteiger partial charge on any atom is -0.456 e. The maximum Gasteiger partial charge on any atom is 0.229 e. The number of hydrogen-bond acceptors (Lipinski definition) is 5. The van der Waals surface area contributed by atoms with E-state index in [4.69, 9.17) is 4.74 Å². The highest BCUT2D eigenvalue weighted by Gasteiger charge is 2.30. The van der Waals surface area contributed by atoms with Gasteiger partial charge in [-0.25, -0.2) is 9.37 Å². The lowest BCUT2D eigenvalue weighted by molar-refractivity contribution is -0.138. The highest BCUT2D eigenvalue weighted by Crippen LogP contribution is 2.22. The molecule has 1 aromatic heterocycles. The molecule has 0 aliphatic carbocycles. The number of benzene rings is 1. The van der Waals surface area contributed by atoms with Crippen molar-refractivity contribution in [2.24, 2.45) is 5.92 Å². The topological polar surface area (TPSA) is 97.4 Å². The average Bonchev–Trinajstić information content (AvgIpc) is 2.58. The number of piperidine rings is 1. The monoisotopic (exact) mass is 343 g/mol. The summed E-state index contributed by atoms with van der Waals surface area (Å²) in [5.74, 6) is -1.31. The van der Waals surface area contributed by atoms with E-state index in [2.05, 4.69) is 15.6 Å². The number of rotatable bonds is 4. The van der Waals surface area contributed by atoms with E-state index in [1.54, 1.807) is 6.07 Å². The molecule has 2 aromatic rings. The lowest BCUT2D eigenvalue weighted by atomic mass is 9.96. The van der Waals surface area contributed by atoms with Crippen LogP contribution in [0.1, 0.15) is 12.8 Å². The van der Waals surface area contributed by atoms with Crippen molar-refractivity contribution in [1.29, 1.82) is 0 Å². The van der Waals surface area contributed by atoms with Gasteiger partial charge in [-0.1, -0.05) is 0 Å². The number of carbonyl (C=O) groups excluding carboxylic acids is 3. The summed E-state index contributed by atoms with van der Waals surface area (Å²) in [5, 5.41) is 4.71. The first-order valence-corrected chi connectivity index (χ1v) is 7.52. The van der Waals surface area contributed by atoms with Crippen LogP contribution in [-0.4, -0.2) is 22.7 Å². The Morgan fingerprint density at radius 2 is 1.72 bits per heavy atom. The van der Waals surface area contributed by atoms with E-state index >= 15 is 0 Å². The second kappa shape index (κ2) is 7.08. The third-order valence-electron chi connectivity index (χ3n) is 3.55. The zero-order valence-electron chi connectivity index (χ0n) is 13.0. The zero-order valence-corrected chi connectivity index (χ0v) is 13.0. The molecule has 3 amide bonds. The molecular formula is C17H14FN3O4. The Balaban J connectivity index is 1.60. The Bertz CT molecular complexity index is 790. The molecule has 7 nitrogen and oxygen atoms in total. The van der Waals surface area contributed by atoms with Gasteiger partial charge in [-0.15, -0.1) is 0 Å². The van der Waals surface area contributed by atoms with Crippen molar-refractivity contribution < 1.29 is 23.5 Å². The molecule has 0 unspecified atom stereocenters. The maximum absolute atomic E-state index is 12.8. The number of anilines is 1. The largest absolute Gasteiger partial charge is 0.456 e. The number of halogens is 1. The van der Waals surface area contributed by atoms with E-state index in [0.717, 1.165) is 0 Å². The van der Waals surface area contributed by atoms with Crippen LogP contribution in [0.25, 0.3) is 0 Å². The Labute approximate surface area is 142 Å². The molecule has 8 heteroatoms. The van der Waals surface area contributed by atoms with Gasteiger partial charge in [0.25, 0.3) is 0 Å². The van der Waals surface area contributed by atoms with E-state index < -0.39 is 23.6 Å². The van der Waals surface area contributed by atoms with Gasteiger partial charge in [0.2, 0.25) is 17.7 Å². The maximum atomic E-state index is 12.8. The van der Waals surface area contributed by atoms with Crippen molar-refractivity contribution in [2.45, 2.75) is 12.8 Å². The summed E-state index contributed by atoms with van der Waals surface area (Å²) in [6, 6.07) is 8.64. The van der Waals surface area contributed by atoms with Crippen LogP contribution < -0.4 is 15.4 Å². The SMILES string of the molecule is O=C1CC(C(=O)Nc2ccc(Oc3ccc(F)cc3)cn2)CC(=O)N1. The van der Waals surface area contributed by atoms with E-state index in [9.17, 15) is 18.8 Å². The van der Waals surface area contributed by atoms with Gasteiger partial charge in [0, 0.05) is 12.8 Å². The summed E-state index contributed by atoms with van der Waals surface area (Å²) in [5.41, 5.74) is 0. The fraction of sp³-hybridized carbons (Fsp3) is 0.176. The minimum atomic E-state index is -0.710. The second-order valence-corrected chi connectivity index (χ2v) is 5.50. The van der Waals surface area contributed by atoms with Gasteiger partial charge >= 0.3 is 0 Å². The van der Waals surface area contributed by atoms with E-state index in [1.165, 1.54) is 36.5 Å². The number of amides is 3. The quantitative estimate of drug-likeness (QED) is 0.828. The number of carbonyl (C=O) groups is 3. The highest BCUT2D eigenvalue weighted by atomic mass is 19.1. The number of hydrogen-bond donors (Lipinski definition) is 2. The van der Waals surface area contributed by atoms with E-state index in [0.29, 0.717) is 11.5 Å². The molecule has 2 heterocycles. The van der Waals surface area contributed by atoms with Crippen molar-refractivity contribution in [2.75, 3.05) is 5.32 Å². The van der Waals surface area contributed by atoms with Crippen LogP contribution in [-0.2, 0) is 14.4 Å². The molecule has 1 aliphatic rings. The Morgan fingerprint density at radius 1 is 1.08 bits per heavy atom. The highest BCUT2D eigenvalue weighted by molar-refractivity contribution is 6.04. The van der Waals surface area contributed by atoms with Gasteiger partial charge in [0.05, 0.1) is 12.1 Å². The Hall–Kier alpha value is -3.29. The molecule has 1 saturated heterocycles. The van der Waals surface area contributed by atoms with Gasteiger partial charge in [-0.05, 0) is 36.4 Å². The standard InChI is InChI=1S/C17H14FN3O4/c18-11-1-3-12(4-2-11)25-13-5-6-14(19-9-13)20-17(24)10-7-15(22)21-16(23)8-10/h1-6,9-10H,7-8H2,(H,19,20,24)(H,21,22,23). The molecule has 0 bridgehead atoms. The van der Waals surface area contributed by atoms with Crippen molar-refractivity contribution in [3.05, 3.63) is 48.4 Å². The fourth-order valence-corrected chi connectivity index (χ4v) is 2.34. The number of pyridine rings is 1. The van der Waals surface area contributed by atoms with E-state index in [-0.39, 0.29) is 24.5 Å². The van der Waals surface area contributed by atoms with Crippen LogP contribution in [0.15, 0.2) is 42.6 Å². The van der Waals surface area contributed by atoms with Crippen molar-refractivity contribution in [1.82, 2.24) is 10.3 Å². The number of nitrogens with one attached hydrogen (secondary N) is 2. The molecule has 0 radical (unpaired) electrons. The fourth-order valence-electron chi connectivity index (χ4n) is 2.34. The van der Waals surface area contributed by atoms with Gasteiger partial charge in [0.1, 0.15) is 23.1 Å². The van der Waals surface area contributed by atoms with Crippen LogP contribution in [0.5, 0.6) is 11.5 Å². The smallest absolute Gasteiger partial charge is 0.229 e. The van der Waals surface area contributed by atoms with Gasteiger partial charge in [0.15, 0.2) is 0 Å². The zero-order chi connectivity index (χ0) is 17.8.